The van der Waals surface area contributed by atoms with E-state index in [2.05, 4.69) is 0 Å². The number of rotatable bonds is 9. The van der Waals surface area contributed by atoms with Crippen molar-refractivity contribution in [2.45, 2.75) is 57.7 Å². The molecular formula is C35H32N3O8-. The van der Waals surface area contributed by atoms with Gasteiger partial charge in [-0.1, -0.05) is 31.2 Å². The summed E-state index contributed by atoms with van der Waals surface area (Å²) in [4.78, 5) is 71.2. The molecule has 1 N–H and O–H groups in total. The molecule has 0 amide bonds. The van der Waals surface area contributed by atoms with Gasteiger partial charge in [0.25, 0.3) is 5.56 Å². The van der Waals surface area contributed by atoms with E-state index in [0.717, 1.165) is 16.5 Å². The molecule has 2 aliphatic rings. The number of esters is 1. The number of ketones is 2. The zero-order chi connectivity index (χ0) is 32.9. The van der Waals surface area contributed by atoms with Gasteiger partial charge in [-0.25, -0.2) is 4.98 Å². The van der Waals surface area contributed by atoms with Crippen LogP contribution in [0.1, 0.15) is 64.4 Å². The first-order valence-electron chi connectivity index (χ1n) is 15.1. The largest absolute Gasteiger partial charge is 0.545 e. The third-order valence-electron chi connectivity index (χ3n) is 8.82. The molecule has 0 unspecified atom stereocenters. The zero-order valence-electron chi connectivity index (χ0n) is 25.7. The maximum Gasteiger partial charge on any atom is 0.314 e. The predicted octanol–water partition coefficient (Wildman–Crippen LogP) is 2.42. The normalized spacial score (nSPS) is 16.7. The van der Waals surface area contributed by atoms with Crippen LogP contribution in [-0.2, 0) is 50.7 Å². The SMILES string of the molecule is CC[C@@]1(OC(=O)CC(=O)Cc2ccc(C(=O)[O-])cc2)C(=O)CCc2c1cc1n(c2=O)Cc2cc3c(CN(C)C)c(O)ccc3nc2-1. The maximum absolute atomic E-state index is 13.9. The van der Waals surface area contributed by atoms with Crippen molar-refractivity contribution in [2.24, 2.45) is 0 Å². The lowest BCUT2D eigenvalue weighted by Gasteiger charge is -2.36. The number of carbonyl (C=O) groups excluding carboxylic acids is 4. The van der Waals surface area contributed by atoms with Crippen LogP contribution in [0.25, 0.3) is 22.3 Å². The molecule has 2 aromatic heterocycles. The fourth-order valence-corrected chi connectivity index (χ4v) is 6.58. The zero-order valence-corrected chi connectivity index (χ0v) is 25.7. The molecule has 11 heteroatoms. The van der Waals surface area contributed by atoms with E-state index in [1.165, 1.54) is 24.3 Å². The highest BCUT2D eigenvalue weighted by Gasteiger charge is 2.48. The molecule has 0 saturated heterocycles. The van der Waals surface area contributed by atoms with Crippen LogP contribution in [0.15, 0.2) is 53.3 Å². The van der Waals surface area contributed by atoms with Crippen LogP contribution in [0.5, 0.6) is 5.75 Å². The van der Waals surface area contributed by atoms with Crippen molar-refractivity contribution in [3.63, 3.8) is 0 Å². The second-order valence-corrected chi connectivity index (χ2v) is 12.1. The molecule has 1 aliphatic carbocycles. The Morgan fingerprint density at radius 2 is 1.80 bits per heavy atom. The number of aromatic carboxylic acids is 1. The molecule has 1 atom stereocenters. The molecule has 0 radical (unpaired) electrons. The van der Waals surface area contributed by atoms with Gasteiger partial charge in [0.05, 0.1) is 29.4 Å². The highest BCUT2D eigenvalue weighted by Crippen LogP contribution is 2.42. The number of aromatic nitrogens is 2. The molecule has 3 heterocycles. The van der Waals surface area contributed by atoms with Gasteiger partial charge in [-0.3, -0.25) is 19.2 Å². The van der Waals surface area contributed by atoms with Gasteiger partial charge >= 0.3 is 5.97 Å². The van der Waals surface area contributed by atoms with Crippen molar-refractivity contribution < 1.29 is 34.1 Å². The number of hydrogen-bond acceptors (Lipinski definition) is 10. The van der Waals surface area contributed by atoms with Crippen molar-refractivity contribution >= 4 is 34.4 Å². The Kier molecular flexibility index (Phi) is 7.81. The van der Waals surface area contributed by atoms with Crippen LogP contribution < -0.4 is 10.7 Å². The van der Waals surface area contributed by atoms with Crippen LogP contribution in [0.4, 0.5) is 0 Å². The van der Waals surface area contributed by atoms with E-state index in [9.17, 15) is 34.2 Å². The monoisotopic (exact) mass is 622 g/mol. The van der Waals surface area contributed by atoms with E-state index < -0.39 is 29.7 Å². The fourth-order valence-electron chi connectivity index (χ4n) is 6.58. The number of aromatic hydroxyl groups is 1. The van der Waals surface area contributed by atoms with Gasteiger partial charge in [-0.05, 0) is 62.3 Å². The summed E-state index contributed by atoms with van der Waals surface area (Å²) in [5, 5.41) is 22.4. The maximum atomic E-state index is 13.9. The molecule has 0 fully saturated rings. The molecular weight excluding hydrogens is 590 g/mol. The van der Waals surface area contributed by atoms with Gasteiger partial charge in [0.2, 0.25) is 0 Å². The van der Waals surface area contributed by atoms with Gasteiger partial charge in [0, 0.05) is 47.0 Å². The number of ether oxygens (including phenoxy) is 1. The van der Waals surface area contributed by atoms with E-state index in [1.54, 1.807) is 29.7 Å². The lowest BCUT2D eigenvalue weighted by atomic mass is 9.76. The quantitative estimate of drug-likeness (QED) is 0.191. The molecule has 4 aromatic rings. The molecule has 0 spiro atoms. The molecule has 46 heavy (non-hydrogen) atoms. The predicted molar refractivity (Wildman–Crippen MR) is 165 cm³/mol. The summed E-state index contributed by atoms with van der Waals surface area (Å²) in [6.07, 6.45) is -0.471. The number of fused-ring (bicyclic) bond motifs is 5. The summed E-state index contributed by atoms with van der Waals surface area (Å²) < 4.78 is 7.49. The summed E-state index contributed by atoms with van der Waals surface area (Å²) in [6, 6.07) is 12.6. The number of nitrogens with zero attached hydrogens (tertiary/aromatic N) is 3. The highest BCUT2D eigenvalue weighted by atomic mass is 16.6. The minimum Gasteiger partial charge on any atom is -0.545 e. The molecule has 0 bridgehead atoms. The van der Waals surface area contributed by atoms with E-state index in [-0.39, 0.29) is 54.9 Å². The lowest BCUT2D eigenvalue weighted by Crippen LogP contribution is -2.46. The average molecular weight is 623 g/mol. The van der Waals surface area contributed by atoms with Crippen LogP contribution >= 0.6 is 0 Å². The summed E-state index contributed by atoms with van der Waals surface area (Å²) in [7, 11) is 3.81. The van der Waals surface area contributed by atoms with Gasteiger partial charge in [0.1, 0.15) is 18.0 Å². The molecule has 236 valence electrons. The van der Waals surface area contributed by atoms with Crippen LogP contribution in [0.2, 0.25) is 0 Å². The summed E-state index contributed by atoms with van der Waals surface area (Å²) in [5.74, 6) is -2.89. The van der Waals surface area contributed by atoms with Crippen molar-refractivity contribution in [1.29, 1.82) is 0 Å². The molecule has 11 nitrogen and oxygen atoms in total. The van der Waals surface area contributed by atoms with Crippen molar-refractivity contribution in [1.82, 2.24) is 14.5 Å². The fraction of sp³-hybridized carbons (Fsp3) is 0.314. The molecule has 0 saturated carbocycles. The summed E-state index contributed by atoms with van der Waals surface area (Å²) >= 11 is 0. The Morgan fingerprint density at radius 1 is 1.07 bits per heavy atom. The molecule has 6 rings (SSSR count). The molecule has 1 aliphatic heterocycles. The second kappa shape index (κ2) is 11.6. The lowest BCUT2D eigenvalue weighted by molar-refractivity contribution is -0.255. The number of phenols is 1. The van der Waals surface area contributed by atoms with Crippen LogP contribution in [0.3, 0.4) is 0 Å². The number of benzene rings is 2. The van der Waals surface area contributed by atoms with Crippen LogP contribution in [0, 0.1) is 0 Å². The summed E-state index contributed by atoms with van der Waals surface area (Å²) in [6.45, 7) is 2.46. The standard InChI is InChI=1S/C35H33N3O8/c1-4-35(46-31(42)15-22(39)13-19-5-7-20(8-6-19)34(44)45)26-16-28-32-21(17-38(28)33(43)23(26)9-12-30(35)41)14-24-25(18-37(2)3)29(40)11-10-27(24)36-32/h5-8,10-11,14,16,40H,4,9,12-13,15,17-18H2,1-3H3,(H,44,45)/p-1/t35-/m0/s1. The molecule has 2 aromatic carbocycles. The second-order valence-electron chi connectivity index (χ2n) is 12.1. The van der Waals surface area contributed by atoms with Crippen molar-refractivity contribution in [2.75, 3.05) is 14.1 Å². The highest BCUT2D eigenvalue weighted by molar-refractivity contribution is 5.99. The minimum atomic E-state index is -1.74. The Balaban J connectivity index is 1.34. The number of carbonyl (C=O) groups is 4. The third-order valence-corrected chi connectivity index (χ3v) is 8.82. The van der Waals surface area contributed by atoms with Gasteiger partial charge in [-0.15, -0.1) is 0 Å². The number of carboxylic acids is 1. The van der Waals surface area contributed by atoms with Gasteiger partial charge < -0.3 is 29.2 Å². The van der Waals surface area contributed by atoms with Gasteiger partial charge in [-0.2, -0.15) is 0 Å². The van der Waals surface area contributed by atoms with Crippen molar-refractivity contribution in [3.05, 3.63) is 92.3 Å². The number of carboxylic acid groups (broad SMARTS) is 1. The first kappa shape index (κ1) is 30.8. The van der Waals surface area contributed by atoms with E-state index >= 15 is 0 Å². The summed E-state index contributed by atoms with van der Waals surface area (Å²) in [5.41, 5.74) is 2.40. The van der Waals surface area contributed by atoms with E-state index in [4.69, 9.17) is 9.72 Å². The van der Waals surface area contributed by atoms with Crippen molar-refractivity contribution in [3.8, 4) is 17.1 Å². The number of phenolic OH excluding ortho intramolecular Hbond substituents is 1. The minimum absolute atomic E-state index is 0.00366. The first-order valence-corrected chi connectivity index (χ1v) is 15.1. The smallest absolute Gasteiger partial charge is 0.314 e. The Hall–Kier alpha value is -5.16. The van der Waals surface area contributed by atoms with Gasteiger partial charge in [0.15, 0.2) is 11.4 Å². The number of Topliss-reactive ketones (excluding diaryl/α,β-unsaturated/α-hetero) is 2. The number of hydrogen-bond donors (Lipinski definition) is 1. The number of pyridine rings is 2. The van der Waals surface area contributed by atoms with E-state index in [0.29, 0.717) is 40.1 Å². The topological polar surface area (TPSA) is 159 Å². The third kappa shape index (κ3) is 5.26. The Morgan fingerprint density at radius 3 is 2.48 bits per heavy atom. The Bertz CT molecular complexity index is 2010. The Labute approximate surface area is 264 Å². The van der Waals surface area contributed by atoms with Crippen LogP contribution in [-0.4, -0.2) is 57.2 Å². The average Bonchev–Trinajstić information content (AvgIpc) is 3.37. The first-order chi connectivity index (χ1) is 21.9. The van der Waals surface area contributed by atoms with E-state index in [1.807, 2.05) is 25.1 Å².